The second-order valence-corrected chi connectivity index (χ2v) is 6.95. The molecule has 0 saturated heterocycles. The van der Waals surface area contributed by atoms with Gasteiger partial charge in [0.2, 0.25) is 0 Å². The van der Waals surface area contributed by atoms with Crippen LogP contribution in [0.4, 0.5) is 28.9 Å². The van der Waals surface area contributed by atoms with Crippen molar-refractivity contribution in [1.82, 2.24) is 14.8 Å². The highest BCUT2D eigenvalue weighted by Gasteiger charge is 2.37. The van der Waals surface area contributed by atoms with Crippen LogP contribution in [0.15, 0.2) is 48.8 Å². The van der Waals surface area contributed by atoms with Gasteiger partial charge in [0, 0.05) is 18.4 Å². The second kappa shape index (κ2) is 7.49. The van der Waals surface area contributed by atoms with E-state index in [2.05, 4.69) is 15.4 Å². The van der Waals surface area contributed by atoms with Crippen molar-refractivity contribution in [1.29, 1.82) is 0 Å². The molecule has 4 rings (SSSR count). The fourth-order valence-electron chi connectivity index (χ4n) is 3.36. The zero-order valence-corrected chi connectivity index (χ0v) is 16.0. The minimum atomic E-state index is -4.84. The first-order valence-electron chi connectivity index (χ1n) is 9.15. The van der Waals surface area contributed by atoms with Crippen LogP contribution in [-0.4, -0.2) is 33.1 Å². The lowest BCUT2D eigenvalue weighted by Crippen LogP contribution is -2.43. The predicted molar refractivity (Wildman–Crippen MR) is 102 cm³/mol. The summed E-state index contributed by atoms with van der Waals surface area (Å²) in [5.74, 6) is -2.67. The number of alkyl halides is 3. The third-order valence-electron chi connectivity index (χ3n) is 4.82. The molecule has 11 heteroatoms. The Kier molecular flexibility index (Phi) is 4.96. The van der Waals surface area contributed by atoms with Crippen LogP contribution in [0.2, 0.25) is 0 Å². The predicted octanol–water partition coefficient (Wildman–Crippen LogP) is 3.91. The van der Waals surface area contributed by atoms with E-state index in [9.17, 15) is 27.2 Å². The molecule has 0 bridgehead atoms. The van der Waals surface area contributed by atoms with Gasteiger partial charge in [-0.05, 0) is 37.3 Å². The maximum atomic E-state index is 14.1. The van der Waals surface area contributed by atoms with E-state index >= 15 is 0 Å². The molecular weight excluding hydrogens is 418 g/mol. The number of pyridine rings is 1. The lowest BCUT2D eigenvalue weighted by molar-refractivity contribution is -0.139. The Morgan fingerprint density at radius 3 is 2.65 bits per heavy atom. The van der Waals surface area contributed by atoms with Gasteiger partial charge in [-0.15, -0.1) is 0 Å². The van der Waals surface area contributed by atoms with Gasteiger partial charge in [0.25, 0.3) is 11.8 Å². The molecule has 2 aromatic heterocycles. The first-order valence-corrected chi connectivity index (χ1v) is 9.15. The molecule has 0 fully saturated rings. The Hall–Kier alpha value is -3.76. The van der Waals surface area contributed by atoms with Gasteiger partial charge in [-0.25, -0.2) is 4.39 Å². The van der Waals surface area contributed by atoms with Gasteiger partial charge in [-0.1, -0.05) is 6.07 Å². The highest BCUT2D eigenvalue weighted by molar-refractivity contribution is 6.12. The topological polar surface area (TPSA) is 80.1 Å². The fraction of sp³-hybridized carbons (Fsp3) is 0.200. The number of rotatable bonds is 3. The molecule has 160 valence electrons. The molecule has 0 unspecified atom stereocenters. The summed E-state index contributed by atoms with van der Waals surface area (Å²) >= 11 is 0. The number of hydrogen-bond donors (Lipinski definition) is 1. The van der Waals surface area contributed by atoms with Crippen LogP contribution in [0.5, 0.6) is 0 Å². The smallest absolute Gasteiger partial charge is 0.317 e. The number of amides is 2. The Labute approximate surface area is 173 Å². The minimum absolute atomic E-state index is 0.0307. The van der Waals surface area contributed by atoms with Crippen LogP contribution in [-0.2, 0) is 6.18 Å². The SMILES string of the molecule is C[C@H]1CN(c2ccc(C(F)(F)F)c(F)c2)C(=O)c2c(NC(=O)c3ccccn3)cnn21. The fourth-order valence-corrected chi connectivity index (χ4v) is 3.36. The van der Waals surface area contributed by atoms with Crippen LogP contribution < -0.4 is 10.2 Å². The molecule has 0 saturated carbocycles. The Morgan fingerprint density at radius 2 is 2.00 bits per heavy atom. The molecule has 2 amide bonds. The summed E-state index contributed by atoms with van der Waals surface area (Å²) in [5.41, 5.74) is -1.17. The number of aromatic nitrogens is 3. The molecule has 0 spiro atoms. The van der Waals surface area contributed by atoms with Crippen LogP contribution >= 0.6 is 0 Å². The first kappa shape index (κ1) is 20.5. The molecule has 3 aromatic rings. The minimum Gasteiger partial charge on any atom is -0.317 e. The van der Waals surface area contributed by atoms with Gasteiger partial charge in [0.1, 0.15) is 11.5 Å². The number of nitrogens with zero attached hydrogens (tertiary/aromatic N) is 4. The Morgan fingerprint density at radius 1 is 1.23 bits per heavy atom. The third-order valence-corrected chi connectivity index (χ3v) is 4.82. The maximum Gasteiger partial charge on any atom is 0.419 e. The number of nitrogens with one attached hydrogen (secondary N) is 1. The largest absolute Gasteiger partial charge is 0.419 e. The molecule has 7 nitrogen and oxygen atoms in total. The van der Waals surface area contributed by atoms with E-state index in [1.54, 1.807) is 19.1 Å². The average molecular weight is 433 g/mol. The highest BCUT2D eigenvalue weighted by Crippen LogP contribution is 2.35. The van der Waals surface area contributed by atoms with Crippen LogP contribution in [0.3, 0.4) is 0 Å². The van der Waals surface area contributed by atoms with Gasteiger partial charge in [0.15, 0.2) is 5.69 Å². The first-order chi connectivity index (χ1) is 14.7. The molecule has 1 N–H and O–H groups in total. The van der Waals surface area contributed by atoms with E-state index in [1.807, 2.05) is 0 Å². The molecular formula is C20H15F4N5O2. The van der Waals surface area contributed by atoms with Crippen LogP contribution in [0.25, 0.3) is 0 Å². The van der Waals surface area contributed by atoms with E-state index in [4.69, 9.17) is 0 Å². The molecule has 1 aliphatic rings. The van der Waals surface area contributed by atoms with Crippen molar-refractivity contribution >= 4 is 23.2 Å². The van der Waals surface area contributed by atoms with Crippen molar-refractivity contribution in [3.05, 3.63) is 71.6 Å². The summed E-state index contributed by atoms with van der Waals surface area (Å²) in [6, 6.07) is 6.69. The maximum absolute atomic E-state index is 14.1. The van der Waals surface area contributed by atoms with Gasteiger partial charge in [0.05, 0.1) is 23.5 Å². The van der Waals surface area contributed by atoms with E-state index in [1.165, 1.54) is 23.1 Å². The molecule has 3 heterocycles. The van der Waals surface area contributed by atoms with E-state index in [0.717, 1.165) is 11.0 Å². The van der Waals surface area contributed by atoms with E-state index in [0.29, 0.717) is 12.1 Å². The summed E-state index contributed by atoms with van der Waals surface area (Å²) in [5, 5.41) is 6.71. The van der Waals surface area contributed by atoms with Gasteiger partial charge < -0.3 is 10.2 Å². The number of anilines is 2. The molecule has 0 radical (unpaired) electrons. The summed E-state index contributed by atoms with van der Waals surface area (Å²) in [7, 11) is 0. The van der Waals surface area contributed by atoms with Crippen molar-refractivity contribution in [3.8, 4) is 0 Å². The van der Waals surface area contributed by atoms with E-state index < -0.39 is 29.4 Å². The van der Waals surface area contributed by atoms with Crippen molar-refractivity contribution in [2.45, 2.75) is 19.1 Å². The van der Waals surface area contributed by atoms with E-state index in [-0.39, 0.29) is 35.3 Å². The molecule has 31 heavy (non-hydrogen) atoms. The zero-order valence-electron chi connectivity index (χ0n) is 16.0. The number of hydrogen-bond acceptors (Lipinski definition) is 4. The van der Waals surface area contributed by atoms with Gasteiger partial charge in [-0.2, -0.15) is 18.3 Å². The number of fused-ring (bicyclic) bond motifs is 1. The van der Waals surface area contributed by atoms with Crippen molar-refractivity contribution in [2.75, 3.05) is 16.8 Å². The van der Waals surface area contributed by atoms with Crippen LogP contribution in [0.1, 0.15) is 39.5 Å². The Balaban J connectivity index is 1.66. The standard InChI is InChI=1S/C20H15F4N5O2/c1-11-10-28(12-5-6-13(14(21)8-12)20(22,23)24)19(31)17-16(9-26-29(11)17)27-18(30)15-4-2-3-7-25-15/h2-9,11H,10H2,1H3,(H,27,30)/t11-/m0/s1. The highest BCUT2D eigenvalue weighted by atomic mass is 19.4. The Bertz CT molecular complexity index is 1160. The summed E-state index contributed by atoms with van der Waals surface area (Å²) in [4.78, 5) is 30.6. The number of halogens is 4. The summed E-state index contributed by atoms with van der Waals surface area (Å²) in [6.45, 7) is 1.80. The van der Waals surface area contributed by atoms with Gasteiger partial charge in [-0.3, -0.25) is 19.3 Å². The lowest BCUT2D eigenvalue weighted by Gasteiger charge is -2.32. The molecule has 0 aliphatic carbocycles. The number of carbonyl (C=O) groups is 2. The van der Waals surface area contributed by atoms with Crippen LogP contribution in [0, 0.1) is 5.82 Å². The number of benzene rings is 1. The summed E-state index contributed by atoms with van der Waals surface area (Å²) < 4.78 is 54.0. The van der Waals surface area contributed by atoms with Gasteiger partial charge >= 0.3 is 6.18 Å². The van der Waals surface area contributed by atoms with Crippen molar-refractivity contribution in [3.63, 3.8) is 0 Å². The molecule has 1 aromatic carbocycles. The molecule has 1 aliphatic heterocycles. The van der Waals surface area contributed by atoms with Crippen molar-refractivity contribution in [2.24, 2.45) is 0 Å². The molecule has 1 atom stereocenters. The normalized spacial score (nSPS) is 16.2. The second-order valence-electron chi connectivity index (χ2n) is 6.95. The average Bonchev–Trinajstić information content (AvgIpc) is 3.15. The number of carbonyl (C=O) groups excluding carboxylic acids is 2. The quantitative estimate of drug-likeness (QED) is 0.636. The lowest BCUT2D eigenvalue weighted by atomic mass is 10.1. The monoisotopic (exact) mass is 433 g/mol. The zero-order chi connectivity index (χ0) is 22.3. The summed E-state index contributed by atoms with van der Waals surface area (Å²) in [6.07, 6.45) is -2.10. The third kappa shape index (κ3) is 3.74. The van der Waals surface area contributed by atoms with Crippen molar-refractivity contribution < 1.29 is 27.2 Å².